The summed E-state index contributed by atoms with van der Waals surface area (Å²) in [6.07, 6.45) is 2.19. The molecule has 0 amide bonds. The first-order valence-corrected chi connectivity index (χ1v) is 7.62. The molecular formula is C11H19N3O4S. The normalized spacial score (nSPS) is 13.4. The van der Waals surface area contributed by atoms with Crippen LogP contribution in [0.4, 0.5) is 0 Å². The van der Waals surface area contributed by atoms with E-state index in [0.29, 0.717) is 12.8 Å². The molecule has 0 saturated carbocycles. The highest BCUT2D eigenvalue weighted by Gasteiger charge is 2.29. The topological polar surface area (TPSA) is 112 Å². The Hall–Kier alpha value is -1.41. The highest BCUT2D eigenvalue weighted by molar-refractivity contribution is 7.89. The first-order chi connectivity index (χ1) is 8.83. The van der Waals surface area contributed by atoms with E-state index in [-0.39, 0.29) is 16.6 Å². The van der Waals surface area contributed by atoms with Gasteiger partial charge in [-0.2, -0.15) is 5.10 Å². The van der Waals surface area contributed by atoms with Crippen molar-refractivity contribution >= 4 is 16.0 Å². The molecule has 1 rings (SSSR count). The number of carboxylic acid groups (broad SMARTS) is 1. The lowest BCUT2D eigenvalue weighted by Crippen LogP contribution is -2.35. The molecule has 0 aliphatic carbocycles. The minimum absolute atomic E-state index is 0.203. The van der Waals surface area contributed by atoms with E-state index in [1.54, 1.807) is 0 Å². The van der Waals surface area contributed by atoms with Crippen LogP contribution in [0.25, 0.3) is 0 Å². The number of aromatic amines is 1. The van der Waals surface area contributed by atoms with Gasteiger partial charge in [0.25, 0.3) is 0 Å². The number of aromatic nitrogens is 2. The predicted molar refractivity (Wildman–Crippen MR) is 69.6 cm³/mol. The van der Waals surface area contributed by atoms with Gasteiger partial charge in [0.2, 0.25) is 10.0 Å². The molecule has 0 radical (unpaired) electrons. The number of hydrogen-bond acceptors (Lipinski definition) is 4. The SMILES string of the molecule is CCCC(CC)NS(=O)(=O)c1c(C(=O)O)n[nH]c1C. The van der Waals surface area contributed by atoms with Crippen LogP contribution in [0.15, 0.2) is 4.90 Å². The summed E-state index contributed by atoms with van der Waals surface area (Å²) in [5, 5.41) is 14.9. The summed E-state index contributed by atoms with van der Waals surface area (Å²) in [5.41, 5.74) is -0.257. The third-order valence-corrected chi connectivity index (χ3v) is 4.49. The zero-order chi connectivity index (χ0) is 14.6. The Bertz CT molecular complexity index is 550. The Kier molecular flexibility index (Phi) is 5.07. The van der Waals surface area contributed by atoms with Gasteiger partial charge in [-0.3, -0.25) is 5.10 Å². The van der Waals surface area contributed by atoms with Gasteiger partial charge in [0.1, 0.15) is 4.90 Å². The number of H-pyrrole nitrogens is 1. The number of aromatic carboxylic acids is 1. The number of nitrogens with zero attached hydrogens (tertiary/aromatic N) is 1. The fourth-order valence-corrected chi connectivity index (χ4v) is 3.54. The molecule has 19 heavy (non-hydrogen) atoms. The summed E-state index contributed by atoms with van der Waals surface area (Å²) < 4.78 is 27.0. The van der Waals surface area contributed by atoms with E-state index in [4.69, 9.17) is 5.11 Å². The average Bonchev–Trinajstić information content (AvgIpc) is 2.71. The largest absolute Gasteiger partial charge is 0.476 e. The van der Waals surface area contributed by atoms with Crippen molar-refractivity contribution in [2.75, 3.05) is 0 Å². The van der Waals surface area contributed by atoms with E-state index < -0.39 is 21.7 Å². The summed E-state index contributed by atoms with van der Waals surface area (Å²) >= 11 is 0. The molecule has 1 aromatic heterocycles. The summed E-state index contributed by atoms with van der Waals surface area (Å²) in [6.45, 7) is 5.32. The smallest absolute Gasteiger partial charge is 0.357 e. The van der Waals surface area contributed by atoms with Crippen molar-refractivity contribution in [3.05, 3.63) is 11.4 Å². The molecule has 1 atom stereocenters. The van der Waals surface area contributed by atoms with Crippen molar-refractivity contribution in [3.8, 4) is 0 Å². The molecule has 1 heterocycles. The maximum Gasteiger partial charge on any atom is 0.357 e. The second kappa shape index (κ2) is 6.16. The molecule has 0 aliphatic heterocycles. The molecule has 0 spiro atoms. The van der Waals surface area contributed by atoms with Crippen LogP contribution in [0.1, 0.15) is 49.3 Å². The molecule has 0 aliphatic rings. The number of aryl methyl sites for hydroxylation is 1. The lowest BCUT2D eigenvalue weighted by Gasteiger charge is -2.16. The zero-order valence-corrected chi connectivity index (χ0v) is 12.0. The van der Waals surface area contributed by atoms with Gasteiger partial charge in [-0.25, -0.2) is 17.9 Å². The van der Waals surface area contributed by atoms with Gasteiger partial charge in [0.05, 0.1) is 5.69 Å². The highest BCUT2D eigenvalue weighted by Crippen LogP contribution is 2.18. The summed E-state index contributed by atoms with van der Waals surface area (Å²) in [4.78, 5) is 10.7. The van der Waals surface area contributed by atoms with E-state index in [1.807, 2.05) is 13.8 Å². The van der Waals surface area contributed by atoms with Gasteiger partial charge in [-0.15, -0.1) is 0 Å². The van der Waals surface area contributed by atoms with Gasteiger partial charge < -0.3 is 5.11 Å². The van der Waals surface area contributed by atoms with Crippen molar-refractivity contribution in [2.45, 2.75) is 51.0 Å². The number of nitrogens with one attached hydrogen (secondary N) is 2. The maximum atomic E-state index is 12.2. The molecule has 1 aromatic rings. The Labute approximate surface area is 112 Å². The van der Waals surface area contributed by atoms with Crippen LogP contribution in [-0.2, 0) is 10.0 Å². The Morgan fingerprint density at radius 3 is 2.58 bits per heavy atom. The van der Waals surface area contributed by atoms with Crippen LogP contribution < -0.4 is 4.72 Å². The van der Waals surface area contributed by atoms with Crippen molar-refractivity contribution in [1.82, 2.24) is 14.9 Å². The minimum Gasteiger partial charge on any atom is -0.476 e. The number of carboxylic acids is 1. The highest BCUT2D eigenvalue weighted by atomic mass is 32.2. The standard InChI is InChI=1S/C11H19N3O4S/c1-4-6-8(5-2)14-19(17,18)10-7(3)12-13-9(10)11(15)16/h8,14H,4-6H2,1-3H3,(H,12,13)(H,15,16). The van der Waals surface area contributed by atoms with Gasteiger partial charge in [0, 0.05) is 6.04 Å². The van der Waals surface area contributed by atoms with Crippen LogP contribution in [0, 0.1) is 6.92 Å². The third kappa shape index (κ3) is 3.54. The van der Waals surface area contributed by atoms with E-state index in [9.17, 15) is 13.2 Å². The molecule has 3 N–H and O–H groups in total. The van der Waals surface area contributed by atoms with E-state index in [0.717, 1.165) is 6.42 Å². The van der Waals surface area contributed by atoms with Crippen molar-refractivity contribution < 1.29 is 18.3 Å². The van der Waals surface area contributed by atoms with Crippen LogP contribution >= 0.6 is 0 Å². The van der Waals surface area contributed by atoms with Gasteiger partial charge in [-0.05, 0) is 19.8 Å². The van der Waals surface area contributed by atoms with Gasteiger partial charge in [-0.1, -0.05) is 20.3 Å². The minimum atomic E-state index is -3.88. The third-order valence-electron chi connectivity index (χ3n) is 2.81. The van der Waals surface area contributed by atoms with Crippen LogP contribution in [0.5, 0.6) is 0 Å². The monoisotopic (exact) mass is 289 g/mol. The van der Waals surface area contributed by atoms with E-state index >= 15 is 0 Å². The quantitative estimate of drug-likeness (QED) is 0.699. The van der Waals surface area contributed by atoms with E-state index in [2.05, 4.69) is 14.9 Å². The zero-order valence-electron chi connectivity index (χ0n) is 11.2. The number of rotatable bonds is 7. The summed E-state index contributed by atoms with van der Waals surface area (Å²) in [7, 11) is -3.88. The Morgan fingerprint density at radius 2 is 2.11 bits per heavy atom. The second-order valence-corrected chi connectivity index (χ2v) is 6.00. The van der Waals surface area contributed by atoms with Crippen LogP contribution in [-0.4, -0.2) is 35.7 Å². The molecule has 0 saturated heterocycles. The van der Waals surface area contributed by atoms with Gasteiger partial charge in [0.15, 0.2) is 5.69 Å². The van der Waals surface area contributed by atoms with Crippen molar-refractivity contribution in [3.63, 3.8) is 0 Å². The van der Waals surface area contributed by atoms with E-state index in [1.165, 1.54) is 6.92 Å². The fourth-order valence-electron chi connectivity index (χ4n) is 1.87. The number of sulfonamides is 1. The predicted octanol–water partition coefficient (Wildman–Crippen LogP) is 1.27. The first kappa shape index (κ1) is 15.6. The maximum absolute atomic E-state index is 12.2. The summed E-state index contributed by atoms with van der Waals surface area (Å²) in [6, 6.07) is -0.203. The Morgan fingerprint density at radius 1 is 1.47 bits per heavy atom. The lowest BCUT2D eigenvalue weighted by atomic mass is 10.1. The number of hydrogen-bond donors (Lipinski definition) is 3. The van der Waals surface area contributed by atoms with Crippen LogP contribution in [0.2, 0.25) is 0 Å². The molecule has 8 heteroatoms. The Balaban J connectivity index is 3.13. The fraction of sp³-hybridized carbons (Fsp3) is 0.636. The van der Waals surface area contributed by atoms with Crippen LogP contribution in [0.3, 0.4) is 0 Å². The molecule has 7 nitrogen and oxygen atoms in total. The van der Waals surface area contributed by atoms with Crippen molar-refractivity contribution in [1.29, 1.82) is 0 Å². The summed E-state index contributed by atoms with van der Waals surface area (Å²) in [5.74, 6) is -1.37. The molecular weight excluding hydrogens is 270 g/mol. The van der Waals surface area contributed by atoms with Crippen molar-refractivity contribution in [2.24, 2.45) is 0 Å². The van der Waals surface area contributed by atoms with Gasteiger partial charge >= 0.3 is 5.97 Å². The molecule has 108 valence electrons. The molecule has 0 fully saturated rings. The molecule has 0 aromatic carbocycles. The lowest BCUT2D eigenvalue weighted by molar-refractivity contribution is 0.0686. The second-order valence-electron chi connectivity index (χ2n) is 4.35. The number of carbonyl (C=O) groups is 1. The first-order valence-electron chi connectivity index (χ1n) is 6.14. The molecule has 1 unspecified atom stereocenters. The average molecular weight is 289 g/mol. The molecule has 0 bridgehead atoms.